The summed E-state index contributed by atoms with van der Waals surface area (Å²) < 4.78 is 9.93. The second-order valence-electron chi connectivity index (χ2n) is 4.80. The lowest BCUT2D eigenvalue weighted by molar-refractivity contribution is -0.137. The molecule has 1 aromatic carbocycles. The molecule has 1 heterocycles. The van der Waals surface area contributed by atoms with Crippen molar-refractivity contribution in [3.8, 4) is 5.75 Å². The Bertz CT molecular complexity index is 853. The summed E-state index contributed by atoms with van der Waals surface area (Å²) in [5, 5.41) is 9.12. The van der Waals surface area contributed by atoms with Crippen molar-refractivity contribution < 1.29 is 28.6 Å². The van der Waals surface area contributed by atoms with Gasteiger partial charge in [0.1, 0.15) is 23.4 Å². The number of benzene rings is 1. The third-order valence-corrected chi connectivity index (χ3v) is 2.92. The predicted octanol–water partition coefficient (Wildman–Crippen LogP) is 0.875. The van der Waals surface area contributed by atoms with Crippen molar-refractivity contribution in [1.82, 2.24) is 4.90 Å². The van der Waals surface area contributed by atoms with Gasteiger partial charge in [0.15, 0.2) is 0 Å². The van der Waals surface area contributed by atoms with Crippen LogP contribution < -0.4 is 10.4 Å². The lowest BCUT2D eigenvalue weighted by Gasteiger charge is -2.13. The molecule has 0 bridgehead atoms. The summed E-state index contributed by atoms with van der Waals surface area (Å²) in [6.07, 6.45) is 0. The first kappa shape index (κ1) is 16.2. The standard InChI is InChI=1S/C15H13NO7/c1-8(17)22-10-4-3-9-5-11(15(21)23-12(9)6-10)14(20)16(2)7-13(18)19/h3-6H,7H2,1-2H3,(H,18,19). The van der Waals surface area contributed by atoms with E-state index < -0.39 is 30.0 Å². The quantitative estimate of drug-likeness (QED) is 0.505. The van der Waals surface area contributed by atoms with Crippen LogP contribution in [-0.2, 0) is 9.59 Å². The molecule has 23 heavy (non-hydrogen) atoms. The maximum Gasteiger partial charge on any atom is 0.349 e. The number of fused-ring (bicyclic) bond motifs is 1. The van der Waals surface area contributed by atoms with E-state index in [1.54, 1.807) is 0 Å². The van der Waals surface area contributed by atoms with Crippen LogP contribution in [0.15, 0.2) is 33.5 Å². The van der Waals surface area contributed by atoms with E-state index in [9.17, 15) is 19.2 Å². The van der Waals surface area contributed by atoms with Crippen LogP contribution in [0.25, 0.3) is 11.0 Å². The van der Waals surface area contributed by atoms with Gasteiger partial charge in [0, 0.05) is 25.4 Å². The number of carboxylic acids is 1. The molecule has 0 fully saturated rings. The third-order valence-electron chi connectivity index (χ3n) is 2.92. The van der Waals surface area contributed by atoms with E-state index in [2.05, 4.69) is 0 Å². The maximum absolute atomic E-state index is 12.1. The Labute approximate surface area is 129 Å². The van der Waals surface area contributed by atoms with Crippen LogP contribution in [0.2, 0.25) is 0 Å². The van der Waals surface area contributed by atoms with E-state index in [0.717, 1.165) is 4.90 Å². The van der Waals surface area contributed by atoms with Gasteiger partial charge >= 0.3 is 17.6 Å². The number of likely N-dealkylation sites (N-methyl/N-ethyl adjacent to an activating group) is 1. The number of aliphatic carboxylic acids is 1. The number of amides is 1. The highest BCUT2D eigenvalue weighted by Crippen LogP contribution is 2.21. The van der Waals surface area contributed by atoms with Crippen molar-refractivity contribution in [1.29, 1.82) is 0 Å². The first-order valence-electron chi connectivity index (χ1n) is 6.51. The Hall–Kier alpha value is -3.16. The summed E-state index contributed by atoms with van der Waals surface area (Å²) in [6, 6.07) is 5.66. The van der Waals surface area contributed by atoms with Crippen molar-refractivity contribution in [3.63, 3.8) is 0 Å². The molecule has 0 unspecified atom stereocenters. The Morgan fingerprint density at radius 3 is 2.57 bits per heavy atom. The molecule has 0 aliphatic heterocycles. The number of nitrogens with zero attached hydrogens (tertiary/aromatic N) is 1. The summed E-state index contributed by atoms with van der Waals surface area (Å²) in [7, 11) is 1.27. The number of hydrogen-bond acceptors (Lipinski definition) is 6. The van der Waals surface area contributed by atoms with Crippen LogP contribution >= 0.6 is 0 Å². The summed E-state index contributed by atoms with van der Waals surface area (Å²) in [4.78, 5) is 46.5. The minimum atomic E-state index is -1.20. The number of ether oxygens (including phenoxy) is 1. The van der Waals surface area contributed by atoms with E-state index in [0.29, 0.717) is 5.39 Å². The van der Waals surface area contributed by atoms with Gasteiger partial charge in [-0.05, 0) is 18.2 Å². The van der Waals surface area contributed by atoms with Gasteiger partial charge in [0.2, 0.25) is 0 Å². The molecule has 1 amide bonds. The molecule has 0 atom stereocenters. The molecular formula is C15H13NO7. The highest BCUT2D eigenvalue weighted by molar-refractivity contribution is 5.97. The molecule has 2 rings (SSSR count). The van der Waals surface area contributed by atoms with Gasteiger partial charge in [-0.25, -0.2) is 4.79 Å². The van der Waals surface area contributed by atoms with Gasteiger partial charge in [-0.1, -0.05) is 0 Å². The second-order valence-corrected chi connectivity index (χ2v) is 4.80. The van der Waals surface area contributed by atoms with Crippen LogP contribution in [0.4, 0.5) is 0 Å². The van der Waals surface area contributed by atoms with Crippen LogP contribution in [0.5, 0.6) is 5.75 Å². The lowest BCUT2D eigenvalue weighted by Crippen LogP contribution is -2.34. The number of rotatable bonds is 4. The Morgan fingerprint density at radius 2 is 1.96 bits per heavy atom. The first-order chi connectivity index (χ1) is 10.8. The third kappa shape index (κ3) is 3.73. The molecule has 1 aromatic heterocycles. The molecule has 0 saturated carbocycles. The minimum Gasteiger partial charge on any atom is -0.480 e. The van der Waals surface area contributed by atoms with Gasteiger partial charge < -0.3 is 19.2 Å². The Morgan fingerprint density at radius 1 is 1.26 bits per heavy atom. The topological polar surface area (TPSA) is 114 Å². The highest BCUT2D eigenvalue weighted by Gasteiger charge is 2.19. The van der Waals surface area contributed by atoms with Gasteiger partial charge in [0.05, 0.1) is 0 Å². The molecule has 2 aromatic rings. The first-order valence-corrected chi connectivity index (χ1v) is 6.51. The van der Waals surface area contributed by atoms with Crippen LogP contribution in [-0.4, -0.2) is 41.4 Å². The Kier molecular flexibility index (Phi) is 4.44. The molecule has 120 valence electrons. The van der Waals surface area contributed by atoms with E-state index in [1.807, 2.05) is 0 Å². The maximum atomic E-state index is 12.1. The smallest absolute Gasteiger partial charge is 0.349 e. The zero-order valence-electron chi connectivity index (χ0n) is 12.4. The fourth-order valence-electron chi connectivity index (χ4n) is 1.95. The van der Waals surface area contributed by atoms with Gasteiger partial charge in [0.25, 0.3) is 5.91 Å². The van der Waals surface area contributed by atoms with Gasteiger partial charge in [-0.2, -0.15) is 0 Å². The van der Waals surface area contributed by atoms with Crippen LogP contribution in [0, 0.1) is 0 Å². The van der Waals surface area contributed by atoms with Crippen molar-refractivity contribution in [3.05, 3.63) is 40.2 Å². The zero-order chi connectivity index (χ0) is 17.1. The molecule has 8 heteroatoms. The van der Waals surface area contributed by atoms with E-state index in [4.69, 9.17) is 14.3 Å². The van der Waals surface area contributed by atoms with E-state index >= 15 is 0 Å². The number of carbonyl (C=O) groups excluding carboxylic acids is 2. The number of hydrogen-bond donors (Lipinski definition) is 1. The summed E-state index contributed by atoms with van der Waals surface area (Å²) in [5.41, 5.74) is -1.03. The summed E-state index contributed by atoms with van der Waals surface area (Å²) in [5.74, 6) is -2.27. The second kappa shape index (κ2) is 6.30. The van der Waals surface area contributed by atoms with E-state index in [-0.39, 0.29) is 16.9 Å². The normalized spacial score (nSPS) is 10.3. The van der Waals surface area contributed by atoms with Crippen molar-refractivity contribution in [2.24, 2.45) is 0 Å². The fraction of sp³-hybridized carbons (Fsp3) is 0.200. The van der Waals surface area contributed by atoms with Gasteiger partial charge in [-0.3, -0.25) is 14.4 Å². The Balaban J connectivity index is 2.42. The molecule has 0 aliphatic rings. The molecule has 0 aliphatic carbocycles. The van der Waals surface area contributed by atoms with Gasteiger partial charge in [-0.15, -0.1) is 0 Å². The van der Waals surface area contributed by atoms with Crippen LogP contribution in [0.3, 0.4) is 0 Å². The summed E-state index contributed by atoms with van der Waals surface area (Å²) in [6.45, 7) is 0.697. The molecule has 0 saturated heterocycles. The average molecular weight is 319 g/mol. The average Bonchev–Trinajstić information content (AvgIpc) is 2.44. The van der Waals surface area contributed by atoms with Crippen molar-refractivity contribution >= 4 is 28.8 Å². The lowest BCUT2D eigenvalue weighted by atomic mass is 10.1. The molecule has 8 nitrogen and oxygen atoms in total. The van der Waals surface area contributed by atoms with Crippen molar-refractivity contribution in [2.45, 2.75) is 6.92 Å². The van der Waals surface area contributed by atoms with Crippen molar-refractivity contribution in [2.75, 3.05) is 13.6 Å². The summed E-state index contributed by atoms with van der Waals surface area (Å²) >= 11 is 0. The molecule has 1 N–H and O–H groups in total. The highest BCUT2D eigenvalue weighted by atomic mass is 16.5. The number of carbonyl (C=O) groups is 3. The molecule has 0 radical (unpaired) electrons. The minimum absolute atomic E-state index is 0.145. The molecule has 0 spiro atoms. The van der Waals surface area contributed by atoms with Crippen LogP contribution in [0.1, 0.15) is 17.3 Å². The van der Waals surface area contributed by atoms with E-state index in [1.165, 1.54) is 38.2 Å². The monoisotopic (exact) mass is 319 g/mol. The fourth-order valence-corrected chi connectivity index (χ4v) is 1.95. The largest absolute Gasteiger partial charge is 0.480 e. The predicted molar refractivity (Wildman–Crippen MR) is 78.4 cm³/mol. The number of esters is 1. The molecular weight excluding hydrogens is 306 g/mol. The zero-order valence-corrected chi connectivity index (χ0v) is 12.4. The number of carboxylic acid groups (broad SMARTS) is 1. The SMILES string of the molecule is CC(=O)Oc1ccc2cc(C(=O)N(C)CC(=O)O)c(=O)oc2c1.